The van der Waals surface area contributed by atoms with Crippen LogP contribution < -0.4 is 5.32 Å². The number of hydrogen-bond donors (Lipinski definition) is 1. The zero-order valence-electron chi connectivity index (χ0n) is 10.4. The van der Waals surface area contributed by atoms with E-state index in [0.29, 0.717) is 6.04 Å². The summed E-state index contributed by atoms with van der Waals surface area (Å²) in [4.78, 5) is 4.68. The highest BCUT2D eigenvalue weighted by Gasteiger charge is 2.16. The molecule has 0 bridgehead atoms. The summed E-state index contributed by atoms with van der Waals surface area (Å²) in [5.41, 5.74) is 1.15. The van der Waals surface area contributed by atoms with Crippen molar-refractivity contribution in [1.82, 2.24) is 0 Å². The van der Waals surface area contributed by atoms with Gasteiger partial charge in [0.25, 0.3) is 0 Å². The molecule has 1 atom stereocenters. The van der Waals surface area contributed by atoms with E-state index in [9.17, 15) is 0 Å². The maximum atomic E-state index is 4.68. The van der Waals surface area contributed by atoms with Crippen LogP contribution in [0.3, 0.4) is 0 Å². The van der Waals surface area contributed by atoms with Gasteiger partial charge in [0.05, 0.1) is 6.04 Å². The fourth-order valence-corrected chi connectivity index (χ4v) is 3.21. The minimum absolute atomic E-state index is 0.479. The van der Waals surface area contributed by atoms with Crippen molar-refractivity contribution >= 4 is 33.4 Å². The zero-order valence-corrected chi connectivity index (χ0v) is 11.2. The lowest BCUT2D eigenvalue weighted by Gasteiger charge is -2.08. The average molecular weight is 256 g/mol. The van der Waals surface area contributed by atoms with Crippen LogP contribution in [-0.2, 0) is 0 Å². The van der Waals surface area contributed by atoms with E-state index in [2.05, 4.69) is 59.7 Å². The third kappa shape index (κ3) is 2.23. The van der Waals surface area contributed by atoms with Crippen molar-refractivity contribution in [2.45, 2.75) is 19.4 Å². The fourth-order valence-electron chi connectivity index (χ4n) is 2.14. The Morgan fingerprint density at radius 3 is 2.89 bits per heavy atom. The number of thioether (sulfide) groups is 1. The summed E-state index contributed by atoms with van der Waals surface area (Å²) >= 11 is 1.82. The summed E-state index contributed by atoms with van der Waals surface area (Å²) < 4.78 is 0. The molecule has 0 saturated carbocycles. The van der Waals surface area contributed by atoms with Gasteiger partial charge >= 0.3 is 0 Å². The van der Waals surface area contributed by atoms with Crippen molar-refractivity contribution in [3.05, 3.63) is 42.5 Å². The maximum Gasteiger partial charge on any atom is 0.161 e. The molecule has 2 nitrogen and oxygen atoms in total. The van der Waals surface area contributed by atoms with Crippen molar-refractivity contribution in [3.63, 3.8) is 0 Å². The predicted molar refractivity (Wildman–Crippen MR) is 81.5 cm³/mol. The molecule has 1 heterocycles. The highest BCUT2D eigenvalue weighted by Crippen LogP contribution is 2.26. The smallest absolute Gasteiger partial charge is 0.161 e. The molecule has 18 heavy (non-hydrogen) atoms. The Morgan fingerprint density at radius 1 is 1.22 bits per heavy atom. The Labute approximate surface area is 112 Å². The molecule has 0 radical (unpaired) electrons. The Morgan fingerprint density at radius 2 is 2.06 bits per heavy atom. The van der Waals surface area contributed by atoms with Gasteiger partial charge in [0.1, 0.15) is 0 Å². The average Bonchev–Trinajstić information content (AvgIpc) is 2.87. The van der Waals surface area contributed by atoms with Crippen molar-refractivity contribution in [2.75, 3.05) is 11.1 Å². The Balaban J connectivity index is 1.91. The van der Waals surface area contributed by atoms with E-state index in [4.69, 9.17) is 0 Å². The number of nitrogens with one attached hydrogen (secondary N) is 1. The lowest BCUT2D eigenvalue weighted by Crippen LogP contribution is -2.05. The summed E-state index contributed by atoms with van der Waals surface area (Å²) in [7, 11) is 0. The molecule has 0 aliphatic carbocycles. The molecule has 1 unspecified atom stereocenters. The molecule has 2 aromatic rings. The Bertz CT molecular complexity index is 587. The van der Waals surface area contributed by atoms with Gasteiger partial charge in [-0.1, -0.05) is 55.1 Å². The van der Waals surface area contributed by atoms with Crippen LogP contribution in [0, 0.1) is 0 Å². The molecule has 3 heteroatoms. The van der Waals surface area contributed by atoms with E-state index in [1.54, 1.807) is 0 Å². The van der Waals surface area contributed by atoms with Gasteiger partial charge in [0.2, 0.25) is 0 Å². The topological polar surface area (TPSA) is 24.4 Å². The van der Waals surface area contributed by atoms with Crippen LogP contribution in [0.4, 0.5) is 5.69 Å². The Hall–Kier alpha value is -1.48. The van der Waals surface area contributed by atoms with Crippen molar-refractivity contribution in [2.24, 2.45) is 4.99 Å². The predicted octanol–water partition coefficient (Wildman–Crippen LogP) is 4.13. The standard InChI is InChI=1S/C15H16N2S/c1-2-12-10-18-15(16-12)17-14-9-5-7-11-6-3-4-8-13(11)14/h3-9,12H,2,10H2,1H3,(H,16,17). The molecule has 0 aromatic heterocycles. The van der Waals surface area contributed by atoms with Gasteiger partial charge in [0.15, 0.2) is 5.17 Å². The van der Waals surface area contributed by atoms with E-state index in [0.717, 1.165) is 23.0 Å². The van der Waals surface area contributed by atoms with Gasteiger partial charge < -0.3 is 5.32 Å². The summed E-state index contributed by atoms with van der Waals surface area (Å²) in [6, 6.07) is 15.2. The highest BCUT2D eigenvalue weighted by atomic mass is 32.2. The van der Waals surface area contributed by atoms with Crippen molar-refractivity contribution in [1.29, 1.82) is 0 Å². The molecule has 0 amide bonds. The molecule has 3 rings (SSSR count). The van der Waals surface area contributed by atoms with Crippen LogP contribution in [0.15, 0.2) is 47.5 Å². The fraction of sp³-hybridized carbons (Fsp3) is 0.267. The van der Waals surface area contributed by atoms with Crippen LogP contribution in [0.2, 0.25) is 0 Å². The highest BCUT2D eigenvalue weighted by molar-refractivity contribution is 8.14. The number of rotatable bonds is 2. The number of nitrogens with zero attached hydrogens (tertiary/aromatic N) is 1. The molecule has 0 saturated heterocycles. The van der Waals surface area contributed by atoms with Gasteiger partial charge in [-0.25, -0.2) is 0 Å². The second-order valence-corrected chi connectivity index (χ2v) is 5.47. The van der Waals surface area contributed by atoms with Gasteiger partial charge in [-0.2, -0.15) is 0 Å². The monoisotopic (exact) mass is 256 g/mol. The quantitative estimate of drug-likeness (QED) is 0.873. The second kappa shape index (κ2) is 5.02. The first kappa shape index (κ1) is 11.6. The first-order valence-corrected chi connectivity index (χ1v) is 7.31. The summed E-state index contributed by atoms with van der Waals surface area (Å²) in [5.74, 6) is 1.10. The molecule has 1 aliphatic rings. The van der Waals surface area contributed by atoms with E-state index >= 15 is 0 Å². The Kier molecular flexibility index (Phi) is 3.24. The number of aliphatic imine (C=N–C) groups is 1. The molecule has 0 spiro atoms. The minimum atomic E-state index is 0.479. The molecule has 1 aliphatic heterocycles. The van der Waals surface area contributed by atoms with Crippen LogP contribution >= 0.6 is 11.8 Å². The van der Waals surface area contributed by atoms with Gasteiger partial charge in [-0.15, -0.1) is 0 Å². The molecule has 92 valence electrons. The van der Waals surface area contributed by atoms with Crippen molar-refractivity contribution < 1.29 is 0 Å². The number of amidine groups is 1. The SMILES string of the molecule is CCC1CSC(Nc2cccc3ccccc23)=N1. The van der Waals surface area contributed by atoms with E-state index in [1.165, 1.54) is 10.8 Å². The van der Waals surface area contributed by atoms with E-state index < -0.39 is 0 Å². The number of anilines is 1. The summed E-state index contributed by atoms with van der Waals surface area (Å²) in [6.45, 7) is 2.19. The molecule has 1 N–H and O–H groups in total. The van der Waals surface area contributed by atoms with Crippen molar-refractivity contribution in [3.8, 4) is 0 Å². The number of fused-ring (bicyclic) bond motifs is 1. The van der Waals surface area contributed by atoms with Gasteiger partial charge in [-0.3, -0.25) is 4.99 Å². The van der Waals surface area contributed by atoms with Gasteiger partial charge in [-0.05, 0) is 17.9 Å². The molecular formula is C15H16N2S. The van der Waals surface area contributed by atoms with E-state index in [1.807, 2.05) is 11.8 Å². The van der Waals surface area contributed by atoms with Crippen LogP contribution in [0.1, 0.15) is 13.3 Å². The maximum absolute atomic E-state index is 4.68. The largest absolute Gasteiger partial charge is 0.334 e. The van der Waals surface area contributed by atoms with Crippen LogP contribution in [0.5, 0.6) is 0 Å². The summed E-state index contributed by atoms with van der Waals surface area (Å²) in [5, 5.41) is 7.03. The zero-order chi connectivity index (χ0) is 12.4. The lowest BCUT2D eigenvalue weighted by atomic mass is 10.1. The minimum Gasteiger partial charge on any atom is -0.334 e. The first-order valence-electron chi connectivity index (χ1n) is 6.32. The number of hydrogen-bond acceptors (Lipinski definition) is 3. The van der Waals surface area contributed by atoms with Crippen LogP contribution in [-0.4, -0.2) is 17.0 Å². The van der Waals surface area contributed by atoms with Crippen LogP contribution in [0.25, 0.3) is 10.8 Å². The summed E-state index contributed by atoms with van der Waals surface area (Å²) in [6.07, 6.45) is 1.12. The third-order valence-electron chi connectivity index (χ3n) is 3.21. The first-order chi connectivity index (χ1) is 8.86. The number of benzene rings is 2. The molecule has 0 fully saturated rings. The van der Waals surface area contributed by atoms with E-state index in [-0.39, 0.29) is 0 Å². The molecule has 2 aromatic carbocycles. The second-order valence-electron chi connectivity index (χ2n) is 4.46. The third-order valence-corrected chi connectivity index (χ3v) is 4.25. The van der Waals surface area contributed by atoms with Gasteiger partial charge in [0, 0.05) is 16.8 Å². The lowest BCUT2D eigenvalue weighted by molar-refractivity contribution is 0.738. The normalized spacial score (nSPS) is 18.9. The molecular weight excluding hydrogens is 240 g/mol.